The van der Waals surface area contributed by atoms with Crippen LogP contribution in [-0.2, 0) is 14.8 Å². The van der Waals surface area contributed by atoms with E-state index in [2.05, 4.69) is 16.6 Å². The maximum absolute atomic E-state index is 12.5. The number of hydrogen-bond donors (Lipinski definition) is 2. The van der Waals surface area contributed by atoms with E-state index >= 15 is 0 Å². The maximum atomic E-state index is 12.5. The highest BCUT2D eigenvalue weighted by molar-refractivity contribution is 7.92. The Morgan fingerprint density at radius 2 is 1.81 bits per heavy atom. The molecular weight excluding hydrogens is 366 g/mol. The van der Waals surface area contributed by atoms with Gasteiger partial charge in [0.2, 0.25) is 15.9 Å². The first-order valence-corrected chi connectivity index (χ1v) is 10.0. The van der Waals surface area contributed by atoms with E-state index in [1.165, 1.54) is 11.0 Å². The predicted octanol–water partition coefficient (Wildman–Crippen LogP) is 2.43. The van der Waals surface area contributed by atoms with E-state index in [1.807, 2.05) is 6.07 Å². The van der Waals surface area contributed by atoms with Gasteiger partial charge in [-0.2, -0.15) is 0 Å². The smallest absolute Gasteiger partial charge is 0.259 e. The molecule has 1 aliphatic heterocycles. The van der Waals surface area contributed by atoms with E-state index in [4.69, 9.17) is 0 Å². The van der Waals surface area contributed by atoms with Crippen molar-refractivity contribution in [3.8, 4) is 0 Å². The highest BCUT2D eigenvalue weighted by atomic mass is 32.2. The van der Waals surface area contributed by atoms with E-state index in [-0.39, 0.29) is 12.5 Å². The summed E-state index contributed by atoms with van der Waals surface area (Å²) < 4.78 is 25.3. The average Bonchev–Trinajstić information content (AvgIpc) is 2.82. The molecule has 0 radical (unpaired) electrons. The van der Waals surface area contributed by atoms with Gasteiger partial charge in [-0.05, 0) is 30.7 Å². The zero-order valence-corrected chi connectivity index (χ0v) is 15.8. The largest absolute Gasteiger partial charge is 0.324 e. The average molecular weight is 385 g/mol. The summed E-state index contributed by atoms with van der Waals surface area (Å²) in [6, 6.07) is 11.9. The van der Waals surface area contributed by atoms with Gasteiger partial charge in [-0.3, -0.25) is 19.2 Å². The molecule has 3 rings (SSSR count). The first kappa shape index (κ1) is 18.7. The van der Waals surface area contributed by atoms with Crippen LogP contribution in [0, 0.1) is 6.92 Å². The van der Waals surface area contributed by atoms with Crippen LogP contribution < -0.4 is 10.0 Å². The van der Waals surface area contributed by atoms with Gasteiger partial charge in [0, 0.05) is 22.5 Å². The minimum Gasteiger partial charge on any atom is -0.324 e. The summed E-state index contributed by atoms with van der Waals surface area (Å²) in [7, 11) is -3.44. The van der Waals surface area contributed by atoms with Crippen molar-refractivity contribution < 1.29 is 18.0 Å². The van der Waals surface area contributed by atoms with Crippen LogP contribution in [0.15, 0.2) is 49.0 Å². The summed E-state index contributed by atoms with van der Waals surface area (Å²) in [6.45, 7) is 5.47. The predicted molar refractivity (Wildman–Crippen MR) is 105 cm³/mol. The van der Waals surface area contributed by atoms with E-state index in [9.17, 15) is 18.0 Å². The molecule has 0 bridgehead atoms. The number of amides is 2. The fourth-order valence-corrected chi connectivity index (χ4v) is 3.47. The Morgan fingerprint density at radius 1 is 1.15 bits per heavy atom. The van der Waals surface area contributed by atoms with Gasteiger partial charge in [-0.15, -0.1) is 0 Å². The Hall–Kier alpha value is -3.13. The number of hydrogen-bond acceptors (Lipinski definition) is 4. The molecule has 2 aromatic rings. The van der Waals surface area contributed by atoms with Gasteiger partial charge in [0.25, 0.3) is 5.91 Å². The molecule has 1 aliphatic rings. The standard InChI is InChI=1S/C19H19N3O4S/c1-12-8-9-14(10-17(12)21-27(3,25)26)20-18(23)11-22-13(2)15-6-4-5-7-16(15)19(22)24/h4-10,21H,2,11H2,1,3H3,(H,20,23). The third-order valence-electron chi connectivity index (χ3n) is 4.16. The molecule has 0 unspecified atom stereocenters. The molecule has 0 saturated carbocycles. The monoisotopic (exact) mass is 385 g/mol. The summed E-state index contributed by atoms with van der Waals surface area (Å²) in [6.07, 6.45) is 1.06. The lowest BCUT2D eigenvalue weighted by atomic mass is 10.1. The van der Waals surface area contributed by atoms with E-state index in [0.29, 0.717) is 28.2 Å². The number of sulfonamides is 1. The molecule has 0 saturated heterocycles. The van der Waals surface area contributed by atoms with Crippen LogP contribution in [0.5, 0.6) is 0 Å². The van der Waals surface area contributed by atoms with Crippen molar-refractivity contribution in [3.05, 3.63) is 65.7 Å². The summed E-state index contributed by atoms with van der Waals surface area (Å²) >= 11 is 0. The van der Waals surface area contributed by atoms with Crippen molar-refractivity contribution in [3.63, 3.8) is 0 Å². The number of nitrogens with one attached hydrogen (secondary N) is 2. The van der Waals surface area contributed by atoms with Gasteiger partial charge in [0.05, 0.1) is 11.9 Å². The molecule has 0 spiro atoms. The minimum atomic E-state index is -3.44. The van der Waals surface area contributed by atoms with E-state index in [0.717, 1.165) is 11.8 Å². The molecular formula is C19H19N3O4S. The lowest BCUT2D eigenvalue weighted by molar-refractivity contribution is -0.116. The van der Waals surface area contributed by atoms with Crippen molar-refractivity contribution in [1.82, 2.24) is 4.90 Å². The molecule has 7 nitrogen and oxygen atoms in total. The number of anilines is 2. The molecule has 0 atom stereocenters. The highest BCUT2D eigenvalue weighted by Crippen LogP contribution is 2.31. The Balaban J connectivity index is 1.73. The molecule has 2 amide bonds. The third-order valence-corrected chi connectivity index (χ3v) is 4.75. The number of nitrogens with zero attached hydrogens (tertiary/aromatic N) is 1. The molecule has 140 valence electrons. The van der Waals surface area contributed by atoms with Gasteiger partial charge in [0.15, 0.2) is 0 Å². The number of fused-ring (bicyclic) bond motifs is 1. The second-order valence-corrected chi connectivity index (χ2v) is 8.08. The number of rotatable bonds is 5. The molecule has 0 aromatic heterocycles. The zero-order valence-electron chi connectivity index (χ0n) is 14.9. The van der Waals surface area contributed by atoms with Gasteiger partial charge in [0.1, 0.15) is 6.54 Å². The van der Waals surface area contributed by atoms with Crippen LogP contribution in [0.25, 0.3) is 5.70 Å². The van der Waals surface area contributed by atoms with Crippen molar-refractivity contribution in [2.45, 2.75) is 6.92 Å². The Kier molecular flexibility index (Phi) is 4.75. The minimum absolute atomic E-state index is 0.185. The van der Waals surface area contributed by atoms with Crippen LogP contribution >= 0.6 is 0 Å². The van der Waals surface area contributed by atoms with Gasteiger partial charge in [-0.25, -0.2) is 8.42 Å². The van der Waals surface area contributed by atoms with Gasteiger partial charge >= 0.3 is 0 Å². The first-order chi connectivity index (χ1) is 12.7. The number of carbonyl (C=O) groups excluding carboxylic acids is 2. The van der Waals surface area contributed by atoms with Gasteiger partial charge < -0.3 is 5.32 Å². The number of carbonyl (C=O) groups is 2. The maximum Gasteiger partial charge on any atom is 0.259 e. The molecule has 1 heterocycles. The van der Waals surface area contributed by atoms with Crippen LogP contribution in [0.4, 0.5) is 11.4 Å². The second kappa shape index (κ2) is 6.88. The molecule has 0 fully saturated rings. The Labute approximate surface area is 157 Å². The van der Waals surface area contributed by atoms with Crippen LogP contribution in [0.2, 0.25) is 0 Å². The molecule has 2 N–H and O–H groups in total. The highest BCUT2D eigenvalue weighted by Gasteiger charge is 2.31. The third kappa shape index (κ3) is 4.01. The fraction of sp³-hybridized carbons (Fsp3) is 0.158. The van der Waals surface area contributed by atoms with Crippen molar-refractivity contribution in [1.29, 1.82) is 0 Å². The van der Waals surface area contributed by atoms with E-state index in [1.54, 1.807) is 37.3 Å². The molecule has 27 heavy (non-hydrogen) atoms. The van der Waals surface area contributed by atoms with Crippen molar-refractivity contribution in [2.75, 3.05) is 22.8 Å². The van der Waals surface area contributed by atoms with Crippen LogP contribution in [0.3, 0.4) is 0 Å². The number of benzene rings is 2. The lowest BCUT2D eigenvalue weighted by Gasteiger charge is -2.17. The van der Waals surface area contributed by atoms with Crippen LogP contribution in [0.1, 0.15) is 21.5 Å². The summed E-state index contributed by atoms with van der Waals surface area (Å²) in [5.41, 5.74) is 3.23. The number of aryl methyl sites for hydroxylation is 1. The molecule has 2 aromatic carbocycles. The normalized spacial score (nSPS) is 13.5. The summed E-state index contributed by atoms with van der Waals surface area (Å²) in [5.74, 6) is -0.680. The summed E-state index contributed by atoms with van der Waals surface area (Å²) in [5, 5.41) is 2.68. The quantitative estimate of drug-likeness (QED) is 0.826. The van der Waals surface area contributed by atoms with E-state index < -0.39 is 15.9 Å². The first-order valence-electron chi connectivity index (χ1n) is 8.14. The van der Waals surface area contributed by atoms with Crippen molar-refractivity contribution >= 4 is 38.9 Å². The summed E-state index contributed by atoms with van der Waals surface area (Å²) in [4.78, 5) is 26.2. The second-order valence-electron chi connectivity index (χ2n) is 6.34. The Bertz CT molecular complexity index is 1030. The SMILES string of the molecule is C=C1c2ccccc2C(=O)N1CC(=O)Nc1ccc(C)c(NS(C)(=O)=O)c1. The molecule has 8 heteroatoms. The van der Waals surface area contributed by atoms with Gasteiger partial charge in [-0.1, -0.05) is 30.8 Å². The van der Waals surface area contributed by atoms with Crippen molar-refractivity contribution in [2.24, 2.45) is 0 Å². The Morgan fingerprint density at radius 3 is 2.44 bits per heavy atom. The topological polar surface area (TPSA) is 95.6 Å². The fourth-order valence-electron chi connectivity index (χ4n) is 2.86. The molecule has 0 aliphatic carbocycles. The lowest BCUT2D eigenvalue weighted by Crippen LogP contribution is -2.32. The zero-order chi connectivity index (χ0) is 19.8. The van der Waals surface area contributed by atoms with Crippen LogP contribution in [-0.4, -0.2) is 37.9 Å².